The Bertz CT molecular complexity index is 1160. The highest BCUT2D eigenvalue weighted by atomic mass is 32.2. The van der Waals surface area contributed by atoms with E-state index >= 15 is 0 Å². The SMILES string of the molecule is COC(=O)c1ccc2c(=O)n(CCc3ccccc3)c(S[C@@H]3CCOC3=O)nc2c1. The lowest BCUT2D eigenvalue weighted by Crippen LogP contribution is -2.26. The van der Waals surface area contributed by atoms with E-state index in [1.807, 2.05) is 30.3 Å². The van der Waals surface area contributed by atoms with Gasteiger partial charge in [-0.25, -0.2) is 9.78 Å². The third-order valence-corrected chi connectivity index (χ3v) is 6.18. The summed E-state index contributed by atoms with van der Waals surface area (Å²) in [5, 5.41) is 0.449. The highest BCUT2D eigenvalue weighted by Gasteiger charge is 2.29. The number of cyclic esters (lactones) is 1. The Morgan fingerprint density at radius 1 is 1.23 bits per heavy atom. The van der Waals surface area contributed by atoms with Crippen LogP contribution in [0.5, 0.6) is 0 Å². The molecular weight excluding hydrogens is 404 g/mol. The van der Waals surface area contributed by atoms with Crippen molar-refractivity contribution >= 4 is 34.6 Å². The molecule has 0 bridgehead atoms. The summed E-state index contributed by atoms with van der Waals surface area (Å²) in [4.78, 5) is 41.7. The molecule has 1 aliphatic heterocycles. The highest BCUT2D eigenvalue weighted by molar-refractivity contribution is 8.00. The number of rotatable bonds is 6. The fourth-order valence-corrected chi connectivity index (χ4v) is 4.42. The second kappa shape index (κ2) is 8.71. The van der Waals surface area contributed by atoms with E-state index in [0.29, 0.717) is 47.6 Å². The van der Waals surface area contributed by atoms with Crippen LogP contribution in [0.2, 0.25) is 0 Å². The number of ether oxygens (including phenoxy) is 2. The van der Waals surface area contributed by atoms with Crippen LogP contribution in [0, 0.1) is 0 Å². The van der Waals surface area contributed by atoms with Crippen LogP contribution in [-0.2, 0) is 27.2 Å². The van der Waals surface area contributed by atoms with Crippen molar-refractivity contribution in [3.8, 4) is 0 Å². The van der Waals surface area contributed by atoms with Gasteiger partial charge in [-0.2, -0.15) is 0 Å². The maximum atomic E-state index is 13.3. The zero-order chi connectivity index (χ0) is 21.1. The average molecular weight is 424 g/mol. The number of carbonyl (C=O) groups excluding carboxylic acids is 2. The maximum Gasteiger partial charge on any atom is 0.337 e. The molecule has 3 aromatic rings. The molecule has 2 aromatic carbocycles. The minimum absolute atomic E-state index is 0.207. The predicted octanol–water partition coefficient (Wildman–Crippen LogP) is 2.83. The van der Waals surface area contributed by atoms with E-state index in [0.717, 1.165) is 5.56 Å². The van der Waals surface area contributed by atoms with E-state index < -0.39 is 11.2 Å². The molecule has 2 heterocycles. The molecule has 1 atom stereocenters. The van der Waals surface area contributed by atoms with Crippen LogP contribution in [0.15, 0.2) is 58.5 Å². The third kappa shape index (κ3) is 4.09. The minimum atomic E-state index is -0.500. The van der Waals surface area contributed by atoms with Crippen molar-refractivity contribution in [1.29, 1.82) is 0 Å². The number of nitrogens with zero attached hydrogens (tertiary/aromatic N) is 2. The summed E-state index contributed by atoms with van der Waals surface area (Å²) >= 11 is 1.23. The first-order valence-corrected chi connectivity index (χ1v) is 10.4. The summed E-state index contributed by atoms with van der Waals surface area (Å²) in [6.45, 7) is 0.791. The molecule has 8 heteroatoms. The Balaban J connectivity index is 1.76. The van der Waals surface area contributed by atoms with Gasteiger partial charge in [0.2, 0.25) is 0 Å². The quantitative estimate of drug-likeness (QED) is 0.444. The lowest BCUT2D eigenvalue weighted by atomic mass is 10.1. The van der Waals surface area contributed by atoms with Crippen molar-refractivity contribution in [3.05, 3.63) is 70.0 Å². The number of thioether (sulfide) groups is 1. The van der Waals surface area contributed by atoms with Crippen molar-refractivity contribution in [3.63, 3.8) is 0 Å². The van der Waals surface area contributed by atoms with Crippen LogP contribution in [0.1, 0.15) is 22.3 Å². The van der Waals surface area contributed by atoms with Crippen LogP contribution in [0.3, 0.4) is 0 Å². The van der Waals surface area contributed by atoms with Crippen molar-refractivity contribution < 1.29 is 19.1 Å². The van der Waals surface area contributed by atoms with Gasteiger partial charge in [0.15, 0.2) is 5.16 Å². The van der Waals surface area contributed by atoms with Gasteiger partial charge in [0, 0.05) is 13.0 Å². The van der Waals surface area contributed by atoms with E-state index in [4.69, 9.17) is 9.47 Å². The summed E-state index contributed by atoms with van der Waals surface area (Å²) in [5.74, 6) is -0.798. The lowest BCUT2D eigenvalue weighted by molar-refractivity contribution is -0.137. The van der Waals surface area contributed by atoms with Gasteiger partial charge >= 0.3 is 11.9 Å². The van der Waals surface area contributed by atoms with Crippen molar-refractivity contribution in [2.45, 2.75) is 29.8 Å². The molecule has 0 N–H and O–H groups in total. The zero-order valence-corrected chi connectivity index (χ0v) is 17.2. The van der Waals surface area contributed by atoms with Gasteiger partial charge in [0.1, 0.15) is 5.25 Å². The Morgan fingerprint density at radius 3 is 2.73 bits per heavy atom. The van der Waals surface area contributed by atoms with Gasteiger partial charge < -0.3 is 9.47 Å². The molecule has 1 aromatic heterocycles. The normalized spacial score (nSPS) is 15.9. The minimum Gasteiger partial charge on any atom is -0.465 e. The molecule has 0 amide bonds. The standard InChI is InChI=1S/C22H20N2O5S/c1-28-20(26)15-7-8-16-17(13-15)23-22(30-18-10-12-29-21(18)27)24(19(16)25)11-9-14-5-3-2-4-6-14/h2-8,13,18H,9-12H2,1H3/t18-/m1/s1. The maximum absolute atomic E-state index is 13.3. The summed E-state index contributed by atoms with van der Waals surface area (Å²) in [6.07, 6.45) is 1.22. The van der Waals surface area contributed by atoms with E-state index in [9.17, 15) is 14.4 Å². The Kier molecular flexibility index (Phi) is 5.85. The number of aryl methyl sites for hydroxylation is 1. The van der Waals surface area contributed by atoms with Gasteiger partial charge in [-0.15, -0.1) is 0 Å². The Morgan fingerprint density at radius 2 is 2.03 bits per heavy atom. The fourth-order valence-electron chi connectivity index (χ4n) is 3.33. The number of carbonyl (C=O) groups is 2. The van der Waals surface area contributed by atoms with Gasteiger partial charge in [0.25, 0.3) is 5.56 Å². The summed E-state index contributed by atoms with van der Waals surface area (Å²) in [7, 11) is 1.30. The first kappa shape index (κ1) is 20.2. The molecule has 1 saturated heterocycles. The molecule has 0 radical (unpaired) electrons. The number of fused-ring (bicyclic) bond motifs is 1. The second-order valence-electron chi connectivity index (χ2n) is 6.87. The molecule has 7 nitrogen and oxygen atoms in total. The van der Waals surface area contributed by atoms with Crippen molar-refractivity contribution in [2.24, 2.45) is 0 Å². The monoisotopic (exact) mass is 424 g/mol. The van der Waals surface area contributed by atoms with Gasteiger partial charge in [-0.05, 0) is 30.2 Å². The molecule has 4 rings (SSSR count). The number of hydrogen-bond donors (Lipinski definition) is 0. The topological polar surface area (TPSA) is 87.5 Å². The van der Waals surface area contributed by atoms with E-state index in [-0.39, 0.29) is 11.5 Å². The van der Waals surface area contributed by atoms with Crippen molar-refractivity contribution in [2.75, 3.05) is 13.7 Å². The summed E-state index contributed by atoms with van der Waals surface area (Å²) in [5.41, 5.74) is 1.60. The Hall–Kier alpha value is -3.13. The third-order valence-electron chi connectivity index (χ3n) is 4.94. The van der Waals surface area contributed by atoms with Crippen LogP contribution >= 0.6 is 11.8 Å². The number of aromatic nitrogens is 2. The number of methoxy groups -OCH3 is 1. The fraction of sp³-hybridized carbons (Fsp3) is 0.273. The largest absolute Gasteiger partial charge is 0.465 e. The van der Waals surface area contributed by atoms with Crippen LogP contribution in [-0.4, -0.2) is 40.5 Å². The van der Waals surface area contributed by atoms with E-state index in [2.05, 4.69) is 4.98 Å². The first-order chi connectivity index (χ1) is 14.6. The van der Waals surface area contributed by atoms with Crippen LogP contribution in [0.4, 0.5) is 0 Å². The van der Waals surface area contributed by atoms with Crippen LogP contribution in [0.25, 0.3) is 10.9 Å². The molecule has 154 valence electrons. The first-order valence-electron chi connectivity index (χ1n) is 9.57. The summed E-state index contributed by atoms with van der Waals surface area (Å²) < 4.78 is 11.4. The molecule has 0 saturated carbocycles. The zero-order valence-electron chi connectivity index (χ0n) is 16.4. The van der Waals surface area contributed by atoms with E-state index in [1.54, 1.807) is 22.8 Å². The number of hydrogen-bond acceptors (Lipinski definition) is 7. The molecular formula is C22H20N2O5S. The molecule has 1 aliphatic rings. The second-order valence-corrected chi connectivity index (χ2v) is 8.04. The highest BCUT2D eigenvalue weighted by Crippen LogP contribution is 2.29. The average Bonchev–Trinajstić information content (AvgIpc) is 3.17. The molecule has 30 heavy (non-hydrogen) atoms. The predicted molar refractivity (Wildman–Crippen MR) is 113 cm³/mol. The Labute approximate surface area is 177 Å². The number of benzene rings is 2. The number of esters is 2. The van der Waals surface area contributed by atoms with Gasteiger partial charge in [-0.1, -0.05) is 42.1 Å². The van der Waals surface area contributed by atoms with Crippen molar-refractivity contribution in [1.82, 2.24) is 9.55 Å². The molecule has 0 aliphatic carbocycles. The van der Waals surface area contributed by atoms with Gasteiger partial charge in [0.05, 0.1) is 30.2 Å². The lowest BCUT2D eigenvalue weighted by Gasteiger charge is -2.15. The van der Waals surface area contributed by atoms with Crippen LogP contribution < -0.4 is 5.56 Å². The van der Waals surface area contributed by atoms with Gasteiger partial charge in [-0.3, -0.25) is 14.2 Å². The summed E-state index contributed by atoms with van der Waals surface area (Å²) in [6, 6.07) is 14.5. The van der Waals surface area contributed by atoms with E-state index in [1.165, 1.54) is 18.9 Å². The molecule has 0 unspecified atom stereocenters. The molecule has 0 spiro atoms. The molecule has 1 fully saturated rings. The smallest absolute Gasteiger partial charge is 0.337 e.